The highest BCUT2D eigenvalue weighted by Gasteiger charge is 2.20. The number of hydrogen-bond donors (Lipinski definition) is 2. The van der Waals surface area contributed by atoms with E-state index < -0.39 is 0 Å². The fourth-order valence-electron chi connectivity index (χ4n) is 2.54. The van der Waals surface area contributed by atoms with Gasteiger partial charge in [-0.3, -0.25) is 0 Å². The van der Waals surface area contributed by atoms with Gasteiger partial charge in [-0.25, -0.2) is 0 Å². The minimum atomic E-state index is 0.431. The molecule has 2 fully saturated rings. The Labute approximate surface area is 112 Å². The molecule has 0 aromatic carbocycles. The van der Waals surface area contributed by atoms with Gasteiger partial charge in [0.15, 0.2) is 0 Å². The van der Waals surface area contributed by atoms with Crippen molar-refractivity contribution in [3.05, 3.63) is 0 Å². The molecule has 0 aromatic rings. The van der Waals surface area contributed by atoms with Gasteiger partial charge in [0.1, 0.15) is 0 Å². The van der Waals surface area contributed by atoms with E-state index in [9.17, 15) is 0 Å². The zero-order chi connectivity index (χ0) is 13.4. The van der Waals surface area contributed by atoms with Gasteiger partial charge in [-0.2, -0.15) is 0 Å². The van der Waals surface area contributed by atoms with Gasteiger partial charge < -0.3 is 20.1 Å². The minimum absolute atomic E-state index is 0.431. The van der Waals surface area contributed by atoms with Crippen LogP contribution in [0, 0.1) is 11.8 Å². The van der Waals surface area contributed by atoms with Crippen molar-refractivity contribution < 1.29 is 9.47 Å². The summed E-state index contributed by atoms with van der Waals surface area (Å²) in [6, 6.07) is 0. The van der Waals surface area contributed by atoms with Gasteiger partial charge in [-0.1, -0.05) is 0 Å². The van der Waals surface area contributed by atoms with Crippen molar-refractivity contribution in [2.45, 2.75) is 38.9 Å². The Kier molecular flexibility index (Phi) is 7.82. The predicted molar refractivity (Wildman–Crippen MR) is 74.9 cm³/mol. The van der Waals surface area contributed by atoms with Gasteiger partial charge in [0, 0.05) is 27.3 Å². The summed E-state index contributed by atoms with van der Waals surface area (Å²) in [6.07, 6.45) is 3.41. The summed E-state index contributed by atoms with van der Waals surface area (Å²) in [5.41, 5.74) is 0. The van der Waals surface area contributed by atoms with Crippen LogP contribution in [0.2, 0.25) is 0 Å². The van der Waals surface area contributed by atoms with E-state index in [1.54, 1.807) is 14.2 Å². The molecule has 18 heavy (non-hydrogen) atoms. The topological polar surface area (TPSA) is 42.5 Å². The Morgan fingerprint density at radius 2 is 1.22 bits per heavy atom. The Balaban J connectivity index is 0.000000180. The van der Waals surface area contributed by atoms with Crippen LogP contribution in [-0.4, -0.2) is 52.6 Å². The fourth-order valence-corrected chi connectivity index (χ4v) is 2.54. The molecule has 2 aliphatic rings. The number of ether oxygens (including phenoxy) is 2. The zero-order valence-electron chi connectivity index (χ0n) is 12.4. The molecule has 4 atom stereocenters. The lowest BCUT2D eigenvalue weighted by atomic mass is 10.0. The van der Waals surface area contributed by atoms with E-state index in [2.05, 4.69) is 24.5 Å². The molecule has 4 nitrogen and oxygen atoms in total. The average molecular weight is 258 g/mol. The van der Waals surface area contributed by atoms with Crippen molar-refractivity contribution in [3.8, 4) is 0 Å². The van der Waals surface area contributed by atoms with Crippen LogP contribution < -0.4 is 10.6 Å². The Hall–Kier alpha value is -0.160. The molecule has 2 aliphatic heterocycles. The molecule has 0 amide bonds. The molecular weight excluding hydrogens is 228 g/mol. The molecule has 0 aromatic heterocycles. The van der Waals surface area contributed by atoms with Crippen molar-refractivity contribution in [3.63, 3.8) is 0 Å². The second kappa shape index (κ2) is 8.86. The van der Waals surface area contributed by atoms with E-state index in [4.69, 9.17) is 9.47 Å². The smallest absolute Gasteiger partial charge is 0.0583 e. The quantitative estimate of drug-likeness (QED) is 0.797. The Morgan fingerprint density at radius 1 is 0.833 bits per heavy atom. The lowest BCUT2D eigenvalue weighted by Gasteiger charge is -2.15. The fraction of sp³-hybridized carbons (Fsp3) is 1.00. The van der Waals surface area contributed by atoms with Crippen LogP contribution in [0.1, 0.15) is 26.7 Å². The SMILES string of the molecule is COC(C)[C@@H]1CCNC1.COC(C)[C@H]1CCNC1. The predicted octanol–water partition coefficient (Wildman–Crippen LogP) is 1.26. The molecular formula is C14H30N2O2. The molecule has 2 saturated heterocycles. The minimum Gasteiger partial charge on any atom is -0.381 e. The maximum atomic E-state index is 5.19. The second-order valence-corrected chi connectivity index (χ2v) is 5.39. The largest absolute Gasteiger partial charge is 0.381 e. The van der Waals surface area contributed by atoms with Crippen molar-refractivity contribution in [1.82, 2.24) is 10.6 Å². The van der Waals surface area contributed by atoms with Crippen LogP contribution in [0.25, 0.3) is 0 Å². The van der Waals surface area contributed by atoms with Crippen molar-refractivity contribution in [2.75, 3.05) is 40.4 Å². The first-order valence-electron chi connectivity index (χ1n) is 7.16. The van der Waals surface area contributed by atoms with Gasteiger partial charge in [0.2, 0.25) is 0 Å². The maximum absolute atomic E-state index is 5.19. The first kappa shape index (κ1) is 15.9. The van der Waals surface area contributed by atoms with E-state index in [0.717, 1.165) is 24.9 Å². The first-order chi connectivity index (χ1) is 8.69. The molecule has 0 spiro atoms. The third-order valence-electron chi connectivity index (χ3n) is 4.27. The van der Waals surface area contributed by atoms with Gasteiger partial charge in [0.25, 0.3) is 0 Å². The highest BCUT2D eigenvalue weighted by Crippen LogP contribution is 2.14. The summed E-state index contributed by atoms with van der Waals surface area (Å²) >= 11 is 0. The van der Waals surface area contributed by atoms with Crippen LogP contribution >= 0.6 is 0 Å². The Morgan fingerprint density at radius 3 is 1.44 bits per heavy atom. The molecule has 0 bridgehead atoms. The van der Waals surface area contributed by atoms with E-state index in [1.165, 1.54) is 25.9 Å². The van der Waals surface area contributed by atoms with E-state index in [-0.39, 0.29) is 0 Å². The van der Waals surface area contributed by atoms with E-state index >= 15 is 0 Å². The van der Waals surface area contributed by atoms with Gasteiger partial charge in [-0.05, 0) is 51.6 Å². The van der Waals surface area contributed by atoms with Crippen LogP contribution in [0.5, 0.6) is 0 Å². The number of rotatable bonds is 4. The molecule has 108 valence electrons. The monoisotopic (exact) mass is 258 g/mol. The van der Waals surface area contributed by atoms with Gasteiger partial charge in [-0.15, -0.1) is 0 Å². The number of hydrogen-bond acceptors (Lipinski definition) is 4. The van der Waals surface area contributed by atoms with Crippen LogP contribution in [0.15, 0.2) is 0 Å². The molecule has 2 N–H and O–H groups in total. The summed E-state index contributed by atoms with van der Waals surface area (Å²) in [6.45, 7) is 8.87. The normalized spacial score (nSPS) is 30.7. The zero-order valence-corrected chi connectivity index (χ0v) is 12.4. The lowest BCUT2D eigenvalue weighted by molar-refractivity contribution is 0.0742. The molecule has 0 aliphatic carbocycles. The maximum Gasteiger partial charge on any atom is 0.0583 e. The molecule has 4 heteroatoms. The Bertz CT molecular complexity index is 180. The third kappa shape index (κ3) is 5.22. The highest BCUT2D eigenvalue weighted by atomic mass is 16.5. The summed E-state index contributed by atoms with van der Waals surface area (Å²) in [4.78, 5) is 0. The number of nitrogens with one attached hydrogen (secondary N) is 2. The van der Waals surface area contributed by atoms with Gasteiger partial charge >= 0.3 is 0 Å². The molecule has 2 rings (SSSR count). The van der Waals surface area contributed by atoms with Gasteiger partial charge in [0.05, 0.1) is 12.2 Å². The molecule has 2 heterocycles. The van der Waals surface area contributed by atoms with Crippen molar-refractivity contribution >= 4 is 0 Å². The second-order valence-electron chi connectivity index (χ2n) is 5.39. The first-order valence-corrected chi connectivity index (χ1v) is 7.16. The molecule has 2 unspecified atom stereocenters. The summed E-state index contributed by atoms with van der Waals surface area (Å²) in [5, 5.41) is 6.62. The van der Waals surface area contributed by atoms with E-state index in [1.807, 2.05) is 0 Å². The molecule has 0 saturated carbocycles. The summed E-state index contributed by atoms with van der Waals surface area (Å²) in [5.74, 6) is 1.49. The van der Waals surface area contributed by atoms with E-state index in [0.29, 0.717) is 12.2 Å². The highest BCUT2D eigenvalue weighted by molar-refractivity contribution is 4.76. The third-order valence-corrected chi connectivity index (χ3v) is 4.27. The molecule has 0 radical (unpaired) electrons. The van der Waals surface area contributed by atoms with Crippen LogP contribution in [0.3, 0.4) is 0 Å². The standard InChI is InChI=1S/2C7H15NO/c2*1-6(9-2)7-3-4-8-5-7/h2*6-8H,3-5H2,1-2H3/t2*6?,7-/m10/s1. The van der Waals surface area contributed by atoms with Crippen LogP contribution in [0.4, 0.5) is 0 Å². The van der Waals surface area contributed by atoms with Crippen molar-refractivity contribution in [1.29, 1.82) is 0 Å². The van der Waals surface area contributed by atoms with Crippen LogP contribution in [-0.2, 0) is 9.47 Å². The average Bonchev–Trinajstić information content (AvgIpc) is 3.09. The van der Waals surface area contributed by atoms with Crippen molar-refractivity contribution in [2.24, 2.45) is 11.8 Å². The number of methoxy groups -OCH3 is 2. The summed E-state index contributed by atoms with van der Waals surface area (Å²) in [7, 11) is 3.56. The summed E-state index contributed by atoms with van der Waals surface area (Å²) < 4.78 is 10.4. The lowest BCUT2D eigenvalue weighted by Crippen LogP contribution is -2.21.